The highest BCUT2D eigenvalue weighted by Gasteiger charge is 2.29. The summed E-state index contributed by atoms with van der Waals surface area (Å²) in [6, 6.07) is -0.0251. The number of nitrogens with zero attached hydrogens (tertiary/aromatic N) is 7. The number of carboxylic acids is 1. The Morgan fingerprint density at radius 2 is 2.04 bits per heavy atom. The molecule has 11 nitrogen and oxygen atoms in total. The predicted molar refractivity (Wildman–Crippen MR) is 95.4 cm³/mol. The zero-order valence-corrected chi connectivity index (χ0v) is 15.5. The lowest BCUT2D eigenvalue weighted by molar-refractivity contribution is -0.137. The number of carbonyl (C=O) groups is 1. The van der Waals surface area contributed by atoms with Gasteiger partial charge in [0, 0.05) is 6.04 Å². The van der Waals surface area contributed by atoms with Gasteiger partial charge in [0.05, 0.1) is 31.9 Å². The van der Waals surface area contributed by atoms with Crippen LogP contribution in [0.5, 0.6) is 0 Å². The maximum atomic E-state index is 12.7. The minimum absolute atomic E-state index is 0.0144. The van der Waals surface area contributed by atoms with Crippen molar-refractivity contribution in [2.75, 3.05) is 0 Å². The molecule has 0 bridgehead atoms. The number of carboxylic acid groups (broad SMARTS) is 1. The molecule has 1 aliphatic carbocycles. The molecule has 4 rings (SSSR count). The lowest BCUT2D eigenvalue weighted by atomic mass is 10.4. The van der Waals surface area contributed by atoms with Gasteiger partial charge in [0.25, 0.3) is 0 Å². The summed E-state index contributed by atoms with van der Waals surface area (Å²) < 4.78 is 4.48. The third kappa shape index (κ3) is 3.39. The van der Waals surface area contributed by atoms with Crippen molar-refractivity contribution in [3.8, 4) is 0 Å². The Kier molecular flexibility index (Phi) is 4.34. The summed E-state index contributed by atoms with van der Waals surface area (Å²) in [6.07, 6.45) is 4.56. The topological polar surface area (TPSA) is 138 Å². The fourth-order valence-corrected chi connectivity index (χ4v) is 3.10. The van der Waals surface area contributed by atoms with E-state index in [4.69, 9.17) is 5.11 Å². The van der Waals surface area contributed by atoms with E-state index in [1.165, 1.54) is 20.0 Å². The van der Waals surface area contributed by atoms with Crippen LogP contribution in [0, 0.1) is 0 Å². The highest BCUT2D eigenvalue weighted by atomic mass is 79.9. The Hall–Kier alpha value is -2.89. The van der Waals surface area contributed by atoms with Gasteiger partial charge in [0.2, 0.25) is 0 Å². The fourth-order valence-electron chi connectivity index (χ4n) is 2.83. The zero-order valence-electron chi connectivity index (χ0n) is 13.9. The lowest BCUT2D eigenvalue weighted by Gasteiger charge is -2.12. The highest BCUT2D eigenvalue weighted by molar-refractivity contribution is 9.10. The Labute approximate surface area is 159 Å². The van der Waals surface area contributed by atoms with Gasteiger partial charge in [-0.1, -0.05) is 5.21 Å². The average Bonchev–Trinajstić information content (AvgIpc) is 3.35. The average molecular weight is 436 g/mol. The summed E-state index contributed by atoms with van der Waals surface area (Å²) in [5.41, 5.74) is -0.302. The molecule has 0 atom stereocenters. The van der Waals surface area contributed by atoms with E-state index in [9.17, 15) is 14.4 Å². The molecule has 0 amide bonds. The molecule has 0 spiro atoms. The number of hydrogen-bond acceptors (Lipinski definition) is 7. The van der Waals surface area contributed by atoms with E-state index < -0.39 is 17.1 Å². The molecule has 3 aromatic rings. The van der Waals surface area contributed by atoms with Gasteiger partial charge in [-0.15, -0.1) is 5.10 Å². The maximum absolute atomic E-state index is 12.7. The summed E-state index contributed by atoms with van der Waals surface area (Å²) in [4.78, 5) is 44.6. The van der Waals surface area contributed by atoms with Crippen molar-refractivity contribution in [1.29, 1.82) is 0 Å². The smallest absolute Gasteiger partial charge is 0.318 e. The van der Waals surface area contributed by atoms with Gasteiger partial charge >= 0.3 is 17.1 Å². The van der Waals surface area contributed by atoms with Crippen molar-refractivity contribution in [2.24, 2.45) is 0 Å². The third-order valence-electron chi connectivity index (χ3n) is 4.21. The number of aromatic nitrogens is 7. The van der Waals surface area contributed by atoms with Crippen molar-refractivity contribution in [1.82, 2.24) is 34.1 Å². The van der Waals surface area contributed by atoms with Crippen molar-refractivity contribution < 1.29 is 9.90 Å². The molecule has 1 saturated carbocycles. The zero-order chi connectivity index (χ0) is 19.1. The number of aryl methyl sites for hydroxylation is 1. The van der Waals surface area contributed by atoms with Gasteiger partial charge in [-0.3, -0.25) is 28.2 Å². The number of aliphatic carboxylic acids is 1. The molecule has 0 aliphatic heterocycles. The van der Waals surface area contributed by atoms with Crippen LogP contribution in [0.1, 0.15) is 31.0 Å². The Balaban J connectivity index is 1.77. The Bertz CT molecular complexity index is 1160. The highest BCUT2D eigenvalue weighted by Crippen LogP contribution is 2.34. The van der Waals surface area contributed by atoms with E-state index in [0.717, 1.165) is 12.8 Å². The first-order valence-electron chi connectivity index (χ1n) is 8.22. The molecule has 0 aromatic carbocycles. The second-order valence-corrected chi connectivity index (χ2v) is 7.07. The van der Waals surface area contributed by atoms with E-state index in [0.29, 0.717) is 15.9 Å². The van der Waals surface area contributed by atoms with Crippen LogP contribution in [0.3, 0.4) is 0 Å². The van der Waals surface area contributed by atoms with Crippen LogP contribution in [0.15, 0.2) is 26.6 Å². The van der Waals surface area contributed by atoms with Gasteiger partial charge in [0.1, 0.15) is 10.3 Å². The van der Waals surface area contributed by atoms with E-state index in [-0.39, 0.29) is 31.2 Å². The maximum Gasteiger partial charge on any atom is 0.318 e. The molecule has 3 heterocycles. The molecule has 1 aliphatic rings. The molecule has 1 fully saturated rings. The molecule has 0 saturated heterocycles. The minimum atomic E-state index is -0.946. The Morgan fingerprint density at radius 1 is 1.26 bits per heavy atom. The van der Waals surface area contributed by atoms with Crippen molar-refractivity contribution in [3.63, 3.8) is 0 Å². The van der Waals surface area contributed by atoms with Crippen LogP contribution < -0.4 is 11.1 Å². The minimum Gasteiger partial charge on any atom is -0.481 e. The molecular weight excluding hydrogens is 422 g/mol. The summed E-state index contributed by atoms with van der Waals surface area (Å²) >= 11 is 3.25. The molecule has 3 aromatic heterocycles. The lowest BCUT2D eigenvalue weighted by Crippen LogP contribution is -2.42. The normalized spacial score (nSPS) is 14.0. The second kappa shape index (κ2) is 6.68. The molecule has 0 radical (unpaired) electrons. The summed E-state index contributed by atoms with van der Waals surface area (Å²) in [7, 11) is 0. The first-order chi connectivity index (χ1) is 12.9. The molecule has 1 N–H and O–H groups in total. The van der Waals surface area contributed by atoms with Crippen LogP contribution in [0.4, 0.5) is 0 Å². The van der Waals surface area contributed by atoms with Crippen LogP contribution in [-0.2, 0) is 17.9 Å². The third-order valence-corrected chi connectivity index (χ3v) is 4.59. The second-order valence-electron chi connectivity index (χ2n) is 6.25. The summed E-state index contributed by atoms with van der Waals surface area (Å²) in [5, 5.41) is 16.5. The number of rotatable bonds is 6. The van der Waals surface area contributed by atoms with Gasteiger partial charge < -0.3 is 5.11 Å². The van der Waals surface area contributed by atoms with Crippen molar-refractivity contribution >= 4 is 33.2 Å². The number of halogens is 1. The summed E-state index contributed by atoms with van der Waals surface area (Å²) in [6.45, 7) is 0.146. The van der Waals surface area contributed by atoms with Crippen LogP contribution in [0.25, 0.3) is 11.3 Å². The van der Waals surface area contributed by atoms with E-state index in [2.05, 4.69) is 36.2 Å². The quantitative estimate of drug-likeness (QED) is 0.540. The first kappa shape index (κ1) is 17.5. The predicted octanol–water partition coefficient (Wildman–Crippen LogP) is 0.165. The summed E-state index contributed by atoms with van der Waals surface area (Å²) in [5.74, 6) is -0.946. The molecular formula is C15H14BrN7O4. The van der Waals surface area contributed by atoms with Gasteiger partial charge in [-0.2, -0.15) is 0 Å². The number of hydrogen-bond donors (Lipinski definition) is 1. The largest absolute Gasteiger partial charge is 0.481 e. The molecule has 0 unspecified atom stereocenters. The van der Waals surface area contributed by atoms with Gasteiger partial charge in [-0.05, 0) is 28.8 Å². The van der Waals surface area contributed by atoms with Crippen molar-refractivity contribution in [3.05, 3.63) is 43.4 Å². The fraction of sp³-hybridized carbons (Fsp3) is 0.400. The molecule has 12 heteroatoms. The number of fused-ring (bicyclic) bond motifs is 1. The van der Waals surface area contributed by atoms with Crippen LogP contribution in [0.2, 0.25) is 0 Å². The van der Waals surface area contributed by atoms with Gasteiger partial charge in [-0.25, -0.2) is 9.97 Å². The van der Waals surface area contributed by atoms with Crippen molar-refractivity contribution in [2.45, 2.75) is 38.4 Å². The SMILES string of the molecule is O=C(O)CCn1cc(Cn2c(=O)c(=O)n(C3CC3)c3nc(Br)cnc32)nn1. The first-order valence-corrected chi connectivity index (χ1v) is 9.01. The molecule has 27 heavy (non-hydrogen) atoms. The van der Waals surface area contributed by atoms with Gasteiger partial charge in [0.15, 0.2) is 11.3 Å². The monoisotopic (exact) mass is 435 g/mol. The van der Waals surface area contributed by atoms with E-state index in [1.807, 2.05) is 0 Å². The van der Waals surface area contributed by atoms with E-state index >= 15 is 0 Å². The van der Waals surface area contributed by atoms with Crippen LogP contribution >= 0.6 is 15.9 Å². The molecule has 140 valence electrons. The van der Waals surface area contributed by atoms with Crippen LogP contribution in [-0.4, -0.2) is 45.2 Å². The Morgan fingerprint density at radius 3 is 2.74 bits per heavy atom. The van der Waals surface area contributed by atoms with E-state index in [1.54, 1.807) is 6.20 Å². The standard InChI is InChI=1S/C15H14BrN7O4/c16-10-5-17-12-13(18-10)23(9-1-2-9)15(27)14(26)22(12)7-8-6-21(20-19-8)4-3-11(24)25/h5-6,9H,1-4,7H2,(H,24,25).